The zero-order chi connectivity index (χ0) is 19.6. The van der Waals surface area contributed by atoms with E-state index in [-0.39, 0.29) is 5.78 Å². The highest BCUT2D eigenvalue weighted by Crippen LogP contribution is 2.41. The first kappa shape index (κ1) is 18.3. The second kappa shape index (κ2) is 7.38. The molecular weight excluding hydrogens is 344 g/mol. The highest BCUT2D eigenvalue weighted by atomic mass is 16.5. The lowest BCUT2D eigenvalue weighted by atomic mass is 9.92. The van der Waals surface area contributed by atoms with E-state index in [1.165, 1.54) is 20.2 Å². The first-order valence-corrected chi connectivity index (χ1v) is 8.40. The van der Waals surface area contributed by atoms with Crippen LogP contribution in [0.25, 0.3) is 22.0 Å². The Kier molecular flexibility index (Phi) is 4.99. The van der Waals surface area contributed by atoms with Crippen LogP contribution in [0.2, 0.25) is 0 Å². The van der Waals surface area contributed by atoms with Crippen molar-refractivity contribution in [3.63, 3.8) is 0 Å². The molecule has 7 nitrogen and oxygen atoms in total. The van der Waals surface area contributed by atoms with Crippen LogP contribution < -0.4 is 9.47 Å². The van der Waals surface area contributed by atoms with E-state index >= 15 is 0 Å². The van der Waals surface area contributed by atoms with E-state index in [1.807, 2.05) is 6.92 Å². The molecule has 27 heavy (non-hydrogen) atoms. The van der Waals surface area contributed by atoms with Gasteiger partial charge in [-0.3, -0.25) is 9.78 Å². The summed E-state index contributed by atoms with van der Waals surface area (Å²) >= 11 is 0. The fourth-order valence-electron chi connectivity index (χ4n) is 3.13. The fraction of sp³-hybridized carbons (Fsp3) is 0.250. The van der Waals surface area contributed by atoms with Gasteiger partial charge in [-0.25, -0.2) is 0 Å². The zero-order valence-corrected chi connectivity index (χ0v) is 15.5. The molecule has 0 unspecified atom stereocenters. The van der Waals surface area contributed by atoms with Crippen LogP contribution in [0, 0.1) is 18.3 Å². The molecule has 0 saturated heterocycles. The van der Waals surface area contributed by atoms with Gasteiger partial charge < -0.3 is 9.47 Å². The Balaban J connectivity index is 2.52. The average Bonchev–Trinajstić information content (AvgIpc) is 2.66. The number of nitrogens with zero attached hydrogens (tertiary/aromatic N) is 4. The maximum absolute atomic E-state index is 12.5. The van der Waals surface area contributed by atoms with Gasteiger partial charge >= 0.3 is 0 Å². The van der Waals surface area contributed by atoms with Crippen LogP contribution in [0.1, 0.15) is 35.5 Å². The van der Waals surface area contributed by atoms with Crippen molar-refractivity contribution in [3.8, 4) is 28.8 Å². The minimum atomic E-state index is -0.137. The Labute approximate surface area is 156 Å². The number of aryl methyl sites for hydroxylation is 1. The second-order valence-electron chi connectivity index (χ2n) is 5.87. The molecule has 0 fully saturated rings. The predicted molar refractivity (Wildman–Crippen MR) is 99.9 cm³/mol. The highest BCUT2D eigenvalue weighted by Gasteiger charge is 2.24. The van der Waals surface area contributed by atoms with Gasteiger partial charge in [-0.1, -0.05) is 0 Å². The quantitative estimate of drug-likeness (QED) is 0.641. The number of methoxy groups -OCH3 is 1. The molecule has 0 aliphatic rings. The molecule has 0 amide bonds. The Morgan fingerprint density at radius 3 is 2.74 bits per heavy atom. The van der Waals surface area contributed by atoms with Crippen molar-refractivity contribution in [2.24, 2.45) is 0 Å². The number of rotatable bonds is 5. The Morgan fingerprint density at radius 2 is 2.11 bits per heavy atom. The maximum Gasteiger partial charge on any atom is 0.243 e. The van der Waals surface area contributed by atoms with Gasteiger partial charge in [-0.2, -0.15) is 10.4 Å². The van der Waals surface area contributed by atoms with E-state index in [0.29, 0.717) is 57.1 Å². The van der Waals surface area contributed by atoms with Crippen molar-refractivity contribution in [1.82, 2.24) is 15.2 Å². The molecule has 7 heteroatoms. The summed E-state index contributed by atoms with van der Waals surface area (Å²) in [6.45, 7) is 5.50. The Bertz CT molecular complexity index is 1090. The zero-order valence-electron chi connectivity index (χ0n) is 15.5. The normalized spacial score (nSPS) is 10.5. The summed E-state index contributed by atoms with van der Waals surface area (Å²) < 4.78 is 11.2. The summed E-state index contributed by atoms with van der Waals surface area (Å²) in [5.41, 5.74) is 3.33. The number of ketones is 1. The van der Waals surface area contributed by atoms with Crippen LogP contribution in [0.4, 0.5) is 0 Å². The number of Topliss-reactive ketones (excluding diaryl/α,β-unsaturated/α-hetero) is 1. The summed E-state index contributed by atoms with van der Waals surface area (Å²) in [5, 5.41) is 17.8. The number of ether oxygens (including phenoxy) is 2. The van der Waals surface area contributed by atoms with Gasteiger partial charge in [-0.05, 0) is 39.0 Å². The van der Waals surface area contributed by atoms with Crippen molar-refractivity contribution >= 4 is 16.7 Å². The molecule has 0 bridgehead atoms. The highest BCUT2D eigenvalue weighted by molar-refractivity contribution is 6.11. The molecule has 136 valence electrons. The first-order valence-electron chi connectivity index (χ1n) is 8.40. The van der Waals surface area contributed by atoms with Crippen LogP contribution >= 0.6 is 0 Å². The lowest BCUT2D eigenvalue weighted by molar-refractivity contribution is 0.101. The first-order chi connectivity index (χ1) is 13.0. The van der Waals surface area contributed by atoms with Gasteiger partial charge in [0.05, 0.1) is 42.4 Å². The summed E-state index contributed by atoms with van der Waals surface area (Å²) in [6.07, 6.45) is 1.54. The van der Waals surface area contributed by atoms with Crippen molar-refractivity contribution in [3.05, 3.63) is 41.2 Å². The van der Waals surface area contributed by atoms with Gasteiger partial charge in [-0.15, -0.1) is 5.10 Å². The number of hydrogen-bond donors (Lipinski definition) is 0. The number of pyridine rings is 1. The molecule has 0 aliphatic heterocycles. The summed E-state index contributed by atoms with van der Waals surface area (Å²) in [5.74, 6) is 0.636. The molecule has 2 aromatic heterocycles. The summed E-state index contributed by atoms with van der Waals surface area (Å²) in [6, 6.07) is 7.16. The molecule has 0 atom stereocenters. The Hall–Kier alpha value is -3.53. The van der Waals surface area contributed by atoms with Crippen molar-refractivity contribution in [2.45, 2.75) is 20.8 Å². The van der Waals surface area contributed by atoms with Crippen LogP contribution in [0.15, 0.2) is 24.4 Å². The SMILES string of the molecule is CCOc1nncc2nc(C)c(C(C)=O)c(-c3ccc(C#N)cc3OC)c12. The van der Waals surface area contributed by atoms with E-state index in [1.54, 1.807) is 25.1 Å². The predicted octanol–water partition coefficient (Wildman–Crippen LogP) is 3.48. The molecule has 0 radical (unpaired) electrons. The number of fused-ring (bicyclic) bond motifs is 1. The van der Waals surface area contributed by atoms with Gasteiger partial charge in [0.1, 0.15) is 5.75 Å². The van der Waals surface area contributed by atoms with E-state index < -0.39 is 0 Å². The molecule has 3 aromatic rings. The Morgan fingerprint density at radius 1 is 1.33 bits per heavy atom. The number of carbonyl (C=O) groups is 1. The van der Waals surface area contributed by atoms with Gasteiger partial charge in [0.2, 0.25) is 5.88 Å². The van der Waals surface area contributed by atoms with Gasteiger partial charge in [0.25, 0.3) is 0 Å². The number of aromatic nitrogens is 3. The molecule has 1 aromatic carbocycles. The third-order valence-electron chi connectivity index (χ3n) is 4.18. The van der Waals surface area contributed by atoms with Crippen molar-refractivity contribution in [2.75, 3.05) is 13.7 Å². The molecule has 0 N–H and O–H groups in total. The molecule has 0 spiro atoms. The van der Waals surface area contributed by atoms with E-state index in [9.17, 15) is 10.1 Å². The van der Waals surface area contributed by atoms with Crippen LogP contribution in [-0.4, -0.2) is 34.7 Å². The maximum atomic E-state index is 12.5. The molecule has 0 aliphatic carbocycles. The van der Waals surface area contributed by atoms with E-state index in [2.05, 4.69) is 21.3 Å². The van der Waals surface area contributed by atoms with Crippen LogP contribution in [-0.2, 0) is 0 Å². The van der Waals surface area contributed by atoms with Crippen LogP contribution in [0.5, 0.6) is 11.6 Å². The topological polar surface area (TPSA) is 98.0 Å². The fourth-order valence-corrected chi connectivity index (χ4v) is 3.13. The molecule has 2 heterocycles. The second-order valence-corrected chi connectivity index (χ2v) is 5.87. The lowest BCUT2D eigenvalue weighted by Crippen LogP contribution is -2.07. The number of hydrogen-bond acceptors (Lipinski definition) is 7. The van der Waals surface area contributed by atoms with Gasteiger partial charge in [0.15, 0.2) is 5.78 Å². The standard InChI is InChI=1S/C20H18N4O3/c1-5-27-20-19-15(10-22-24-20)23-11(2)17(12(3)25)18(19)14-7-6-13(9-21)8-16(14)26-4/h6-8,10H,5H2,1-4H3. The van der Waals surface area contributed by atoms with E-state index in [0.717, 1.165) is 0 Å². The van der Waals surface area contributed by atoms with E-state index in [4.69, 9.17) is 9.47 Å². The largest absolute Gasteiger partial charge is 0.496 e. The minimum absolute atomic E-state index is 0.137. The number of nitriles is 1. The average molecular weight is 362 g/mol. The summed E-state index contributed by atoms with van der Waals surface area (Å²) in [4.78, 5) is 17.0. The van der Waals surface area contributed by atoms with Crippen molar-refractivity contribution in [1.29, 1.82) is 5.26 Å². The third-order valence-corrected chi connectivity index (χ3v) is 4.18. The molecular formula is C20H18N4O3. The molecule has 3 rings (SSSR count). The van der Waals surface area contributed by atoms with Crippen molar-refractivity contribution < 1.29 is 14.3 Å². The summed E-state index contributed by atoms with van der Waals surface area (Å²) in [7, 11) is 1.52. The van der Waals surface area contributed by atoms with Crippen LogP contribution in [0.3, 0.4) is 0 Å². The minimum Gasteiger partial charge on any atom is -0.496 e. The van der Waals surface area contributed by atoms with Gasteiger partial charge in [0, 0.05) is 22.4 Å². The lowest BCUT2D eigenvalue weighted by Gasteiger charge is -2.17. The number of benzene rings is 1. The smallest absolute Gasteiger partial charge is 0.243 e. The third kappa shape index (κ3) is 3.17. The number of carbonyl (C=O) groups excluding carboxylic acids is 1. The molecule has 0 saturated carbocycles. The monoisotopic (exact) mass is 362 g/mol.